The van der Waals surface area contributed by atoms with Crippen molar-refractivity contribution in [1.29, 1.82) is 0 Å². The summed E-state index contributed by atoms with van der Waals surface area (Å²) in [5, 5.41) is 5.15. The number of carbonyl (C=O) groups is 3. The molecule has 0 spiro atoms. The van der Waals surface area contributed by atoms with Crippen molar-refractivity contribution in [3.63, 3.8) is 0 Å². The van der Waals surface area contributed by atoms with Gasteiger partial charge in [0.05, 0.1) is 11.4 Å². The van der Waals surface area contributed by atoms with Crippen molar-refractivity contribution in [2.24, 2.45) is 0 Å². The van der Waals surface area contributed by atoms with Crippen molar-refractivity contribution in [3.05, 3.63) is 93.7 Å². The highest BCUT2D eigenvalue weighted by Gasteiger charge is 2.15. The minimum atomic E-state index is -0.699. The van der Waals surface area contributed by atoms with Crippen LogP contribution in [0, 0.1) is 0 Å². The van der Waals surface area contributed by atoms with Crippen LogP contribution in [0.25, 0.3) is 0 Å². The molecule has 6 heteroatoms. The van der Waals surface area contributed by atoms with Crippen molar-refractivity contribution in [2.45, 2.75) is 13.1 Å². The maximum absolute atomic E-state index is 12.4. The van der Waals surface area contributed by atoms with Crippen molar-refractivity contribution < 1.29 is 14.4 Å². The van der Waals surface area contributed by atoms with E-state index in [2.05, 4.69) is 10.6 Å². The SMILES string of the molecule is O=C(NCc1ccccc1)C(=O)NCc1ccc(C(=O)c2ccccc2)s1. The van der Waals surface area contributed by atoms with Gasteiger partial charge >= 0.3 is 11.8 Å². The number of benzene rings is 2. The zero-order valence-corrected chi connectivity index (χ0v) is 15.3. The molecule has 2 aromatic carbocycles. The molecule has 0 saturated carbocycles. The van der Waals surface area contributed by atoms with Gasteiger partial charge in [-0.3, -0.25) is 14.4 Å². The van der Waals surface area contributed by atoms with E-state index in [1.807, 2.05) is 48.5 Å². The fourth-order valence-corrected chi connectivity index (χ4v) is 3.34. The summed E-state index contributed by atoms with van der Waals surface area (Å²) < 4.78 is 0. The molecule has 5 nitrogen and oxygen atoms in total. The van der Waals surface area contributed by atoms with Crippen LogP contribution in [0.1, 0.15) is 25.7 Å². The van der Waals surface area contributed by atoms with Crippen LogP contribution in [0.3, 0.4) is 0 Å². The van der Waals surface area contributed by atoms with Crippen LogP contribution in [-0.2, 0) is 22.7 Å². The van der Waals surface area contributed by atoms with Crippen molar-refractivity contribution in [1.82, 2.24) is 10.6 Å². The number of carbonyl (C=O) groups excluding carboxylic acids is 3. The van der Waals surface area contributed by atoms with Crippen LogP contribution in [0.4, 0.5) is 0 Å². The van der Waals surface area contributed by atoms with Crippen LogP contribution >= 0.6 is 11.3 Å². The van der Waals surface area contributed by atoms with E-state index >= 15 is 0 Å². The lowest BCUT2D eigenvalue weighted by atomic mass is 10.1. The molecule has 0 radical (unpaired) electrons. The molecule has 2 N–H and O–H groups in total. The molecule has 0 aliphatic carbocycles. The Bertz CT molecular complexity index is 936. The van der Waals surface area contributed by atoms with Crippen LogP contribution < -0.4 is 10.6 Å². The third-order valence-electron chi connectivity index (χ3n) is 3.85. The molecule has 0 aliphatic rings. The first-order valence-electron chi connectivity index (χ1n) is 8.42. The fourth-order valence-electron chi connectivity index (χ4n) is 2.43. The van der Waals surface area contributed by atoms with E-state index < -0.39 is 11.8 Å². The van der Waals surface area contributed by atoms with Gasteiger partial charge in [-0.25, -0.2) is 0 Å². The Labute approximate surface area is 161 Å². The average molecular weight is 378 g/mol. The predicted molar refractivity (Wildman–Crippen MR) is 104 cm³/mol. The lowest BCUT2D eigenvalue weighted by molar-refractivity contribution is -0.139. The summed E-state index contributed by atoms with van der Waals surface area (Å²) in [6, 6.07) is 21.9. The molecule has 0 aliphatic heterocycles. The first kappa shape index (κ1) is 18.5. The number of nitrogens with one attached hydrogen (secondary N) is 2. The Morgan fingerprint density at radius 1 is 0.704 bits per heavy atom. The molecule has 0 unspecified atom stereocenters. The summed E-state index contributed by atoms with van der Waals surface area (Å²) in [4.78, 5) is 37.6. The molecule has 0 bridgehead atoms. The Balaban J connectivity index is 1.50. The molecule has 0 saturated heterocycles. The highest BCUT2D eigenvalue weighted by molar-refractivity contribution is 7.14. The normalized spacial score (nSPS) is 10.2. The first-order chi connectivity index (χ1) is 13.1. The largest absolute Gasteiger partial charge is 0.344 e. The van der Waals surface area contributed by atoms with Gasteiger partial charge in [-0.2, -0.15) is 0 Å². The maximum atomic E-state index is 12.4. The molecule has 1 aromatic heterocycles. The number of hydrogen-bond donors (Lipinski definition) is 2. The van der Waals surface area contributed by atoms with Crippen molar-refractivity contribution in [2.75, 3.05) is 0 Å². The minimum Gasteiger partial charge on any atom is -0.344 e. The Morgan fingerprint density at radius 2 is 1.30 bits per heavy atom. The summed E-state index contributed by atoms with van der Waals surface area (Å²) in [5.41, 5.74) is 1.54. The summed E-state index contributed by atoms with van der Waals surface area (Å²) in [7, 11) is 0. The highest BCUT2D eigenvalue weighted by Crippen LogP contribution is 2.20. The number of amides is 2. The lowest BCUT2D eigenvalue weighted by Crippen LogP contribution is -2.39. The number of ketones is 1. The Kier molecular flexibility index (Phi) is 6.12. The van der Waals surface area contributed by atoms with Gasteiger partial charge in [-0.05, 0) is 17.7 Å². The van der Waals surface area contributed by atoms with Gasteiger partial charge in [0.1, 0.15) is 0 Å². The molecule has 27 heavy (non-hydrogen) atoms. The van der Waals surface area contributed by atoms with E-state index in [-0.39, 0.29) is 12.3 Å². The van der Waals surface area contributed by atoms with Gasteiger partial charge in [0.25, 0.3) is 0 Å². The monoisotopic (exact) mass is 378 g/mol. The molecule has 2 amide bonds. The first-order valence-corrected chi connectivity index (χ1v) is 9.23. The second-order valence-corrected chi connectivity index (χ2v) is 6.98. The van der Waals surface area contributed by atoms with E-state index in [1.165, 1.54) is 11.3 Å². The standard InChI is InChI=1S/C21H18N2O3S/c24-19(16-9-5-2-6-10-16)18-12-11-17(27-18)14-23-21(26)20(25)22-13-15-7-3-1-4-8-15/h1-12H,13-14H2,(H,22,25)(H,23,26). The van der Waals surface area contributed by atoms with Gasteiger partial charge in [0, 0.05) is 17.0 Å². The number of hydrogen-bond acceptors (Lipinski definition) is 4. The van der Waals surface area contributed by atoms with E-state index in [0.717, 1.165) is 10.4 Å². The second kappa shape index (κ2) is 8.91. The van der Waals surface area contributed by atoms with Crippen molar-refractivity contribution in [3.8, 4) is 0 Å². The predicted octanol–water partition coefficient (Wildman–Crippen LogP) is 2.91. The van der Waals surface area contributed by atoms with E-state index in [9.17, 15) is 14.4 Å². The quantitative estimate of drug-likeness (QED) is 0.512. The molecular formula is C21H18N2O3S. The molecule has 136 valence electrons. The maximum Gasteiger partial charge on any atom is 0.309 e. The average Bonchev–Trinajstić information content (AvgIpc) is 3.20. The Morgan fingerprint density at radius 3 is 1.96 bits per heavy atom. The zero-order valence-electron chi connectivity index (χ0n) is 14.5. The lowest BCUT2D eigenvalue weighted by Gasteiger charge is -2.05. The summed E-state index contributed by atoms with van der Waals surface area (Å²) in [5.74, 6) is -1.44. The van der Waals surface area contributed by atoms with E-state index in [0.29, 0.717) is 17.0 Å². The highest BCUT2D eigenvalue weighted by atomic mass is 32.1. The number of rotatable bonds is 6. The minimum absolute atomic E-state index is 0.0567. The third-order valence-corrected chi connectivity index (χ3v) is 4.93. The van der Waals surface area contributed by atoms with Crippen LogP contribution in [-0.4, -0.2) is 17.6 Å². The second-order valence-electron chi connectivity index (χ2n) is 5.81. The summed E-state index contributed by atoms with van der Waals surface area (Å²) in [6.45, 7) is 0.492. The van der Waals surface area contributed by atoms with Gasteiger partial charge in [-0.15, -0.1) is 11.3 Å². The molecule has 3 aromatic rings. The Hall–Kier alpha value is -3.25. The topological polar surface area (TPSA) is 75.3 Å². The van der Waals surface area contributed by atoms with Crippen LogP contribution in [0.5, 0.6) is 0 Å². The molecule has 0 atom stereocenters. The molecular weight excluding hydrogens is 360 g/mol. The van der Waals surface area contributed by atoms with Gasteiger partial charge in [0.2, 0.25) is 5.78 Å². The molecule has 3 rings (SSSR count). The third kappa shape index (κ3) is 5.12. The van der Waals surface area contributed by atoms with Crippen LogP contribution in [0.2, 0.25) is 0 Å². The van der Waals surface area contributed by atoms with E-state index in [4.69, 9.17) is 0 Å². The van der Waals surface area contributed by atoms with Gasteiger partial charge < -0.3 is 10.6 Å². The van der Waals surface area contributed by atoms with Crippen LogP contribution in [0.15, 0.2) is 72.8 Å². The van der Waals surface area contributed by atoms with Gasteiger partial charge in [0.15, 0.2) is 0 Å². The fraction of sp³-hybridized carbons (Fsp3) is 0.0952. The zero-order chi connectivity index (χ0) is 19.1. The van der Waals surface area contributed by atoms with Crippen molar-refractivity contribution >= 4 is 28.9 Å². The van der Waals surface area contributed by atoms with Gasteiger partial charge in [-0.1, -0.05) is 60.7 Å². The summed E-state index contributed by atoms with van der Waals surface area (Å²) >= 11 is 1.30. The molecule has 1 heterocycles. The van der Waals surface area contributed by atoms with E-state index in [1.54, 1.807) is 24.3 Å². The molecule has 0 fully saturated rings. The smallest absolute Gasteiger partial charge is 0.309 e. The number of thiophene rings is 1. The summed E-state index contributed by atoms with van der Waals surface area (Å²) in [6.07, 6.45) is 0.